The molecule has 1 unspecified atom stereocenters. The highest BCUT2D eigenvalue weighted by Crippen LogP contribution is 2.29. The number of carboxylic acids is 1. The van der Waals surface area contributed by atoms with E-state index in [1.807, 2.05) is 0 Å². The van der Waals surface area contributed by atoms with Gasteiger partial charge in [-0.2, -0.15) is 0 Å². The smallest absolute Gasteiger partial charge is 0.308 e. The lowest BCUT2D eigenvalue weighted by Crippen LogP contribution is -2.23. The van der Waals surface area contributed by atoms with Crippen LogP contribution in [-0.4, -0.2) is 24.2 Å². The number of halogens is 2. The molecule has 1 aliphatic heterocycles. The first-order chi connectivity index (χ1) is 7.59. The van der Waals surface area contributed by atoms with Crippen LogP contribution in [0.2, 0.25) is 5.02 Å². The zero-order valence-electron chi connectivity index (χ0n) is 8.49. The van der Waals surface area contributed by atoms with Crippen LogP contribution < -0.4 is 4.90 Å². The molecule has 3 nitrogen and oxygen atoms in total. The first kappa shape index (κ1) is 11.2. The second-order valence-corrected chi connectivity index (χ2v) is 4.25. The second kappa shape index (κ2) is 4.29. The SMILES string of the molecule is O=C(O)C1CCN(c2cccc(Cl)c2F)C1. The van der Waals surface area contributed by atoms with E-state index in [2.05, 4.69) is 0 Å². The largest absolute Gasteiger partial charge is 0.481 e. The Morgan fingerprint density at radius 1 is 1.56 bits per heavy atom. The van der Waals surface area contributed by atoms with Gasteiger partial charge in [0.25, 0.3) is 0 Å². The van der Waals surface area contributed by atoms with Crippen molar-refractivity contribution < 1.29 is 14.3 Å². The van der Waals surface area contributed by atoms with Gasteiger partial charge in [0.05, 0.1) is 16.6 Å². The molecule has 1 N–H and O–H groups in total. The Kier molecular flexibility index (Phi) is 3.01. The fraction of sp³-hybridized carbons (Fsp3) is 0.364. The number of rotatable bonds is 2. The minimum Gasteiger partial charge on any atom is -0.481 e. The summed E-state index contributed by atoms with van der Waals surface area (Å²) >= 11 is 5.67. The lowest BCUT2D eigenvalue weighted by atomic mass is 10.1. The molecule has 0 spiro atoms. The summed E-state index contributed by atoms with van der Waals surface area (Å²) in [5.41, 5.74) is 0.385. The number of hydrogen-bond donors (Lipinski definition) is 1. The number of nitrogens with zero attached hydrogens (tertiary/aromatic N) is 1. The Hall–Kier alpha value is -1.29. The summed E-state index contributed by atoms with van der Waals surface area (Å²) in [7, 11) is 0. The lowest BCUT2D eigenvalue weighted by molar-refractivity contribution is -0.140. The van der Waals surface area contributed by atoms with Crippen molar-refractivity contribution in [1.29, 1.82) is 0 Å². The fourth-order valence-electron chi connectivity index (χ4n) is 1.92. The van der Waals surface area contributed by atoms with E-state index in [4.69, 9.17) is 16.7 Å². The van der Waals surface area contributed by atoms with Gasteiger partial charge in [-0.25, -0.2) is 4.39 Å². The summed E-state index contributed by atoms with van der Waals surface area (Å²) < 4.78 is 13.7. The van der Waals surface area contributed by atoms with Crippen molar-refractivity contribution in [2.24, 2.45) is 5.92 Å². The number of carboxylic acid groups (broad SMARTS) is 1. The minimum absolute atomic E-state index is 0.0660. The van der Waals surface area contributed by atoms with Gasteiger partial charge < -0.3 is 10.0 Å². The Balaban J connectivity index is 2.21. The number of anilines is 1. The molecule has 1 atom stereocenters. The summed E-state index contributed by atoms with van der Waals surface area (Å²) in [4.78, 5) is 12.5. The van der Waals surface area contributed by atoms with Gasteiger partial charge in [-0.15, -0.1) is 0 Å². The van der Waals surface area contributed by atoms with Crippen LogP contribution in [0.3, 0.4) is 0 Å². The van der Waals surface area contributed by atoms with Crippen LogP contribution >= 0.6 is 11.6 Å². The van der Waals surface area contributed by atoms with E-state index in [9.17, 15) is 9.18 Å². The zero-order valence-corrected chi connectivity index (χ0v) is 9.25. The monoisotopic (exact) mass is 243 g/mol. The molecule has 0 radical (unpaired) electrons. The summed E-state index contributed by atoms with van der Waals surface area (Å²) in [6.45, 7) is 0.890. The maximum atomic E-state index is 13.7. The standard InChI is InChI=1S/C11H11ClFNO2/c12-8-2-1-3-9(10(8)13)14-5-4-7(6-14)11(15)16/h1-3,7H,4-6H2,(H,15,16). The van der Waals surface area contributed by atoms with Crippen molar-refractivity contribution in [3.05, 3.63) is 29.0 Å². The minimum atomic E-state index is -0.829. The average molecular weight is 244 g/mol. The second-order valence-electron chi connectivity index (χ2n) is 3.84. The van der Waals surface area contributed by atoms with Crippen LogP contribution in [0.5, 0.6) is 0 Å². The molecule has 2 rings (SSSR count). The Morgan fingerprint density at radius 2 is 2.31 bits per heavy atom. The maximum Gasteiger partial charge on any atom is 0.308 e. The summed E-state index contributed by atoms with van der Waals surface area (Å²) in [6, 6.07) is 4.76. The highest BCUT2D eigenvalue weighted by molar-refractivity contribution is 6.31. The number of hydrogen-bond acceptors (Lipinski definition) is 2. The number of carbonyl (C=O) groups is 1. The molecule has 1 aromatic carbocycles. The molecule has 0 saturated carbocycles. The van der Waals surface area contributed by atoms with Crippen molar-refractivity contribution >= 4 is 23.3 Å². The molecule has 1 saturated heterocycles. The van der Waals surface area contributed by atoms with Gasteiger partial charge in [-0.3, -0.25) is 4.79 Å². The first-order valence-corrected chi connectivity index (χ1v) is 5.39. The molecule has 1 aromatic rings. The van der Waals surface area contributed by atoms with E-state index in [0.29, 0.717) is 25.2 Å². The summed E-state index contributed by atoms with van der Waals surface area (Å²) in [5.74, 6) is -1.72. The molecular weight excluding hydrogens is 233 g/mol. The van der Waals surface area contributed by atoms with Crippen molar-refractivity contribution in [3.8, 4) is 0 Å². The molecule has 16 heavy (non-hydrogen) atoms. The third-order valence-electron chi connectivity index (χ3n) is 2.81. The molecule has 86 valence electrons. The molecule has 0 amide bonds. The predicted molar refractivity (Wildman–Crippen MR) is 59.4 cm³/mol. The number of benzene rings is 1. The van der Waals surface area contributed by atoms with E-state index < -0.39 is 17.7 Å². The van der Waals surface area contributed by atoms with Gasteiger partial charge in [-0.05, 0) is 18.6 Å². The molecule has 1 aliphatic rings. The van der Waals surface area contributed by atoms with E-state index in [1.54, 1.807) is 17.0 Å². The fourth-order valence-corrected chi connectivity index (χ4v) is 2.09. The third-order valence-corrected chi connectivity index (χ3v) is 3.10. The third kappa shape index (κ3) is 1.97. The zero-order chi connectivity index (χ0) is 11.7. The van der Waals surface area contributed by atoms with Crippen LogP contribution in [0.15, 0.2) is 18.2 Å². The van der Waals surface area contributed by atoms with Crippen molar-refractivity contribution in [2.45, 2.75) is 6.42 Å². The summed E-state index contributed by atoms with van der Waals surface area (Å²) in [6.07, 6.45) is 0.543. The van der Waals surface area contributed by atoms with Gasteiger partial charge in [0.15, 0.2) is 5.82 Å². The predicted octanol–water partition coefficient (Wildman–Crippen LogP) is 2.39. The van der Waals surface area contributed by atoms with E-state index in [0.717, 1.165) is 0 Å². The van der Waals surface area contributed by atoms with Crippen LogP contribution in [0.25, 0.3) is 0 Å². The summed E-state index contributed by atoms with van der Waals surface area (Å²) in [5, 5.41) is 8.92. The highest BCUT2D eigenvalue weighted by atomic mass is 35.5. The quantitative estimate of drug-likeness (QED) is 0.867. The molecule has 0 aromatic heterocycles. The maximum absolute atomic E-state index is 13.7. The normalized spacial score (nSPS) is 20.1. The van der Waals surface area contributed by atoms with Crippen LogP contribution in [0, 0.1) is 11.7 Å². The average Bonchev–Trinajstić information content (AvgIpc) is 2.71. The van der Waals surface area contributed by atoms with Gasteiger partial charge in [0.2, 0.25) is 0 Å². The van der Waals surface area contributed by atoms with Gasteiger partial charge >= 0.3 is 5.97 Å². The van der Waals surface area contributed by atoms with Crippen LogP contribution in [0.4, 0.5) is 10.1 Å². The first-order valence-electron chi connectivity index (χ1n) is 5.01. The van der Waals surface area contributed by atoms with Crippen LogP contribution in [-0.2, 0) is 4.79 Å². The van der Waals surface area contributed by atoms with Gasteiger partial charge in [-0.1, -0.05) is 17.7 Å². The van der Waals surface area contributed by atoms with Crippen LogP contribution in [0.1, 0.15) is 6.42 Å². The Bertz CT molecular complexity index is 424. The number of aliphatic carboxylic acids is 1. The van der Waals surface area contributed by atoms with E-state index in [-0.39, 0.29) is 5.02 Å². The molecule has 5 heteroatoms. The topological polar surface area (TPSA) is 40.5 Å². The lowest BCUT2D eigenvalue weighted by Gasteiger charge is -2.19. The molecular formula is C11H11ClFNO2. The van der Waals surface area contributed by atoms with E-state index in [1.165, 1.54) is 6.07 Å². The van der Waals surface area contributed by atoms with Crippen molar-refractivity contribution in [2.75, 3.05) is 18.0 Å². The molecule has 0 bridgehead atoms. The Morgan fingerprint density at radius 3 is 2.94 bits per heavy atom. The van der Waals surface area contributed by atoms with Crippen molar-refractivity contribution in [3.63, 3.8) is 0 Å². The molecule has 0 aliphatic carbocycles. The highest BCUT2D eigenvalue weighted by Gasteiger charge is 2.29. The van der Waals surface area contributed by atoms with Crippen molar-refractivity contribution in [1.82, 2.24) is 0 Å². The Labute approximate surface area is 97.4 Å². The van der Waals surface area contributed by atoms with Gasteiger partial charge in [0.1, 0.15) is 0 Å². The van der Waals surface area contributed by atoms with Gasteiger partial charge in [0, 0.05) is 13.1 Å². The molecule has 1 fully saturated rings. The molecule has 1 heterocycles. The van der Waals surface area contributed by atoms with E-state index >= 15 is 0 Å².